The summed E-state index contributed by atoms with van der Waals surface area (Å²) in [4.78, 5) is 0. The molecule has 0 saturated carbocycles. The molecule has 0 N–H and O–H groups in total. The van der Waals surface area contributed by atoms with E-state index >= 15 is 0 Å². The molecule has 0 bridgehead atoms. The Morgan fingerprint density at radius 1 is 1.12 bits per heavy atom. The molecule has 88 valence electrons. The van der Waals surface area contributed by atoms with Crippen molar-refractivity contribution in [2.24, 2.45) is 0 Å². The van der Waals surface area contributed by atoms with Crippen molar-refractivity contribution in [2.75, 3.05) is 0 Å². The molecule has 0 radical (unpaired) electrons. The molecule has 1 unspecified atom stereocenters. The van der Waals surface area contributed by atoms with Crippen LogP contribution in [0.15, 0.2) is 53.0 Å². The van der Waals surface area contributed by atoms with Gasteiger partial charge in [-0.15, -0.1) is 0 Å². The van der Waals surface area contributed by atoms with Gasteiger partial charge in [-0.3, -0.25) is 0 Å². The molecule has 2 aromatic rings. The summed E-state index contributed by atoms with van der Waals surface area (Å²) in [6.45, 7) is 2.01. The Morgan fingerprint density at radius 2 is 1.82 bits per heavy atom. The van der Waals surface area contributed by atoms with Crippen LogP contribution < -0.4 is 4.74 Å². The van der Waals surface area contributed by atoms with Gasteiger partial charge in [-0.05, 0) is 30.7 Å². The van der Waals surface area contributed by atoms with Gasteiger partial charge in [-0.2, -0.15) is 0 Å². The van der Waals surface area contributed by atoms with Crippen LogP contribution in [0.5, 0.6) is 5.75 Å². The summed E-state index contributed by atoms with van der Waals surface area (Å²) in [6.07, 6.45) is -0.0250. The minimum Gasteiger partial charge on any atom is -0.484 e. The molecule has 0 aromatic heterocycles. The Bertz CT molecular complexity index is 499. The second kappa shape index (κ2) is 5.56. The van der Waals surface area contributed by atoms with E-state index in [1.165, 1.54) is 0 Å². The van der Waals surface area contributed by atoms with Crippen molar-refractivity contribution in [3.05, 3.63) is 63.6 Å². The first-order chi connectivity index (χ1) is 8.16. The molecule has 1 nitrogen and oxygen atoms in total. The zero-order chi connectivity index (χ0) is 12.3. The first kappa shape index (κ1) is 12.5. The second-order valence-electron chi connectivity index (χ2n) is 3.75. The van der Waals surface area contributed by atoms with Gasteiger partial charge >= 0.3 is 0 Å². The van der Waals surface area contributed by atoms with Crippen LogP contribution >= 0.6 is 27.5 Å². The van der Waals surface area contributed by atoms with Crippen molar-refractivity contribution in [3.8, 4) is 5.75 Å². The van der Waals surface area contributed by atoms with Crippen LogP contribution in [0.2, 0.25) is 5.02 Å². The van der Waals surface area contributed by atoms with Gasteiger partial charge in [0.2, 0.25) is 0 Å². The molecule has 0 fully saturated rings. The predicted octanol–water partition coefficient (Wildman–Crippen LogP) is 5.24. The average Bonchev–Trinajstić information content (AvgIpc) is 2.35. The molecule has 3 heteroatoms. The minimum atomic E-state index is -0.0250. The largest absolute Gasteiger partial charge is 0.484 e. The van der Waals surface area contributed by atoms with E-state index in [0.29, 0.717) is 10.8 Å². The van der Waals surface area contributed by atoms with Gasteiger partial charge in [0.1, 0.15) is 11.9 Å². The van der Waals surface area contributed by atoms with E-state index in [-0.39, 0.29) is 6.10 Å². The van der Waals surface area contributed by atoms with E-state index in [1.807, 2.05) is 55.5 Å². The van der Waals surface area contributed by atoms with Crippen LogP contribution in [0.1, 0.15) is 18.6 Å². The fourth-order valence-corrected chi connectivity index (χ4v) is 2.05. The molecule has 1 atom stereocenters. The lowest BCUT2D eigenvalue weighted by molar-refractivity contribution is 0.227. The highest BCUT2D eigenvalue weighted by Gasteiger charge is 2.09. The summed E-state index contributed by atoms with van der Waals surface area (Å²) in [7, 11) is 0. The molecule has 0 amide bonds. The van der Waals surface area contributed by atoms with Gasteiger partial charge in [0, 0.05) is 4.47 Å². The maximum absolute atomic E-state index is 6.08. The topological polar surface area (TPSA) is 9.23 Å². The molecule has 0 aliphatic carbocycles. The standard InChI is InChI=1S/C14H12BrClO/c1-10(11-5-3-2-4-6-11)17-14-9-12(15)7-8-13(14)16/h2-10H,1H3. The normalized spacial score (nSPS) is 12.2. The molecule has 0 spiro atoms. The zero-order valence-corrected chi connectivity index (χ0v) is 11.7. The molecule has 0 aliphatic heterocycles. The fraction of sp³-hybridized carbons (Fsp3) is 0.143. The summed E-state index contributed by atoms with van der Waals surface area (Å²) in [6, 6.07) is 15.6. The SMILES string of the molecule is CC(Oc1cc(Br)ccc1Cl)c1ccccc1. The van der Waals surface area contributed by atoms with E-state index < -0.39 is 0 Å². The molecule has 2 aromatic carbocycles. The molecule has 17 heavy (non-hydrogen) atoms. The first-order valence-electron chi connectivity index (χ1n) is 5.33. The highest BCUT2D eigenvalue weighted by molar-refractivity contribution is 9.10. The predicted molar refractivity (Wildman–Crippen MR) is 74.6 cm³/mol. The number of rotatable bonds is 3. The Hall–Kier alpha value is -0.990. The Balaban J connectivity index is 2.18. The van der Waals surface area contributed by atoms with Crippen molar-refractivity contribution in [1.82, 2.24) is 0 Å². The number of benzene rings is 2. The number of hydrogen-bond donors (Lipinski definition) is 0. The third-order valence-electron chi connectivity index (χ3n) is 2.47. The van der Waals surface area contributed by atoms with Gasteiger partial charge in [-0.1, -0.05) is 57.9 Å². The lowest BCUT2D eigenvalue weighted by atomic mass is 10.1. The molecular weight excluding hydrogens is 300 g/mol. The molecule has 0 aliphatic rings. The lowest BCUT2D eigenvalue weighted by Crippen LogP contribution is -2.03. The number of halogens is 2. The maximum Gasteiger partial charge on any atom is 0.139 e. The smallest absolute Gasteiger partial charge is 0.139 e. The minimum absolute atomic E-state index is 0.0250. The van der Waals surface area contributed by atoms with Crippen LogP contribution in [-0.4, -0.2) is 0 Å². The summed E-state index contributed by atoms with van der Waals surface area (Å²) >= 11 is 9.49. The van der Waals surface area contributed by atoms with Crippen LogP contribution in [0.3, 0.4) is 0 Å². The summed E-state index contributed by atoms with van der Waals surface area (Å²) in [5, 5.41) is 0.621. The Morgan fingerprint density at radius 3 is 2.53 bits per heavy atom. The van der Waals surface area contributed by atoms with Crippen molar-refractivity contribution in [3.63, 3.8) is 0 Å². The Kier molecular flexibility index (Phi) is 4.08. The maximum atomic E-state index is 6.08. The van der Waals surface area contributed by atoms with E-state index in [1.54, 1.807) is 0 Å². The van der Waals surface area contributed by atoms with E-state index in [4.69, 9.17) is 16.3 Å². The summed E-state index contributed by atoms with van der Waals surface area (Å²) in [5.74, 6) is 0.692. The Labute approximate surface area is 115 Å². The van der Waals surface area contributed by atoms with Crippen molar-refractivity contribution < 1.29 is 4.74 Å². The van der Waals surface area contributed by atoms with E-state index in [2.05, 4.69) is 15.9 Å². The highest BCUT2D eigenvalue weighted by Crippen LogP contribution is 2.31. The number of ether oxygens (including phenoxy) is 1. The quantitative estimate of drug-likeness (QED) is 0.753. The van der Waals surface area contributed by atoms with E-state index in [9.17, 15) is 0 Å². The lowest BCUT2D eigenvalue weighted by Gasteiger charge is -2.16. The second-order valence-corrected chi connectivity index (χ2v) is 5.07. The van der Waals surface area contributed by atoms with Crippen LogP contribution in [0.4, 0.5) is 0 Å². The van der Waals surface area contributed by atoms with Gasteiger partial charge in [-0.25, -0.2) is 0 Å². The summed E-state index contributed by atoms with van der Waals surface area (Å²) < 4.78 is 6.81. The van der Waals surface area contributed by atoms with Gasteiger partial charge in [0.15, 0.2) is 0 Å². The molecule has 0 saturated heterocycles. The van der Waals surface area contributed by atoms with Crippen LogP contribution in [0.25, 0.3) is 0 Å². The fourth-order valence-electron chi connectivity index (χ4n) is 1.55. The van der Waals surface area contributed by atoms with E-state index in [0.717, 1.165) is 10.0 Å². The average molecular weight is 312 g/mol. The van der Waals surface area contributed by atoms with Gasteiger partial charge < -0.3 is 4.74 Å². The summed E-state index contributed by atoms with van der Waals surface area (Å²) in [5.41, 5.74) is 1.13. The van der Waals surface area contributed by atoms with Gasteiger partial charge in [0.25, 0.3) is 0 Å². The third-order valence-corrected chi connectivity index (χ3v) is 3.27. The zero-order valence-electron chi connectivity index (χ0n) is 9.36. The van der Waals surface area contributed by atoms with Crippen LogP contribution in [0, 0.1) is 0 Å². The van der Waals surface area contributed by atoms with Crippen molar-refractivity contribution >= 4 is 27.5 Å². The molecule has 2 rings (SSSR count). The highest BCUT2D eigenvalue weighted by atomic mass is 79.9. The van der Waals surface area contributed by atoms with Gasteiger partial charge in [0.05, 0.1) is 5.02 Å². The first-order valence-corrected chi connectivity index (χ1v) is 6.50. The molecular formula is C14H12BrClO. The third kappa shape index (κ3) is 3.24. The van der Waals surface area contributed by atoms with Crippen LogP contribution in [-0.2, 0) is 0 Å². The van der Waals surface area contributed by atoms with Crippen molar-refractivity contribution in [1.29, 1.82) is 0 Å². The number of hydrogen-bond acceptors (Lipinski definition) is 1. The molecule has 0 heterocycles. The monoisotopic (exact) mass is 310 g/mol. The van der Waals surface area contributed by atoms with Crippen molar-refractivity contribution in [2.45, 2.75) is 13.0 Å².